The van der Waals surface area contributed by atoms with Crippen LogP contribution in [0, 0.1) is 0 Å². The van der Waals surface area contributed by atoms with Gasteiger partial charge in [-0.25, -0.2) is 0 Å². The molecule has 0 N–H and O–H groups in total. The Kier molecular flexibility index (Phi) is 5.51. The molecule has 0 aromatic heterocycles. The molecule has 2 rings (SSSR count). The van der Waals surface area contributed by atoms with Crippen molar-refractivity contribution in [2.45, 2.75) is 0 Å². The van der Waals surface area contributed by atoms with Crippen molar-refractivity contribution in [3.63, 3.8) is 0 Å². The van der Waals surface area contributed by atoms with Gasteiger partial charge in [-0.15, -0.1) is 11.6 Å². The lowest BCUT2D eigenvalue weighted by Gasteiger charge is -2.34. The van der Waals surface area contributed by atoms with E-state index in [-0.39, 0.29) is 5.91 Å². The number of carbonyl (C=O) groups is 1. The second kappa shape index (κ2) is 6.93. The van der Waals surface area contributed by atoms with Gasteiger partial charge in [-0.2, -0.15) is 0 Å². The molecule has 1 fully saturated rings. The maximum absolute atomic E-state index is 12.4. The smallest absolute Gasteiger partial charge is 0.255 e. The lowest BCUT2D eigenvalue weighted by atomic mass is 10.2. The Balaban J connectivity index is 2.01. The third-order valence-electron chi connectivity index (χ3n) is 3.22. The molecule has 1 amide bonds. The van der Waals surface area contributed by atoms with E-state index in [9.17, 15) is 4.79 Å². The number of piperazine rings is 1. The van der Waals surface area contributed by atoms with E-state index in [1.807, 2.05) is 11.0 Å². The summed E-state index contributed by atoms with van der Waals surface area (Å²) < 4.78 is 0.876. The van der Waals surface area contributed by atoms with Gasteiger partial charge in [0.2, 0.25) is 0 Å². The van der Waals surface area contributed by atoms with Gasteiger partial charge in [-0.1, -0.05) is 27.5 Å². The first-order valence-corrected chi connectivity index (χ1v) is 7.85. The highest BCUT2D eigenvalue weighted by atomic mass is 79.9. The van der Waals surface area contributed by atoms with Crippen LogP contribution in [0.3, 0.4) is 0 Å². The Morgan fingerprint density at radius 1 is 1.26 bits per heavy atom. The summed E-state index contributed by atoms with van der Waals surface area (Å²) in [6.45, 7) is 4.06. The molecule has 19 heavy (non-hydrogen) atoms. The molecule has 104 valence electrons. The Labute approximate surface area is 131 Å². The number of halogens is 3. The number of amides is 1. The lowest BCUT2D eigenvalue weighted by Crippen LogP contribution is -2.49. The van der Waals surface area contributed by atoms with Crippen LogP contribution in [0.15, 0.2) is 22.7 Å². The molecular weight excluding hydrogens is 351 g/mol. The van der Waals surface area contributed by atoms with Gasteiger partial charge in [-0.05, 0) is 18.2 Å². The van der Waals surface area contributed by atoms with Gasteiger partial charge < -0.3 is 4.90 Å². The van der Waals surface area contributed by atoms with Gasteiger partial charge in [0.15, 0.2) is 0 Å². The van der Waals surface area contributed by atoms with Gasteiger partial charge >= 0.3 is 0 Å². The Hall–Kier alpha value is -0.290. The third kappa shape index (κ3) is 3.85. The fourth-order valence-corrected chi connectivity index (χ4v) is 3.12. The molecule has 0 aliphatic carbocycles. The number of rotatable bonds is 3. The average Bonchev–Trinajstić information content (AvgIpc) is 2.39. The number of alkyl halides is 1. The van der Waals surface area contributed by atoms with Crippen molar-refractivity contribution in [1.82, 2.24) is 9.80 Å². The van der Waals surface area contributed by atoms with Crippen LogP contribution >= 0.6 is 39.1 Å². The molecule has 6 heteroatoms. The van der Waals surface area contributed by atoms with E-state index in [1.54, 1.807) is 12.1 Å². The molecule has 0 bridgehead atoms. The monoisotopic (exact) mass is 364 g/mol. The van der Waals surface area contributed by atoms with Crippen molar-refractivity contribution < 1.29 is 4.79 Å². The number of benzene rings is 1. The maximum atomic E-state index is 12.4. The predicted molar refractivity (Wildman–Crippen MR) is 82.2 cm³/mol. The second-order valence-electron chi connectivity index (χ2n) is 4.45. The van der Waals surface area contributed by atoms with Crippen molar-refractivity contribution >= 4 is 45.0 Å². The first-order valence-electron chi connectivity index (χ1n) is 6.14. The zero-order chi connectivity index (χ0) is 13.8. The molecule has 1 aliphatic rings. The minimum absolute atomic E-state index is 0.00280. The van der Waals surface area contributed by atoms with Crippen LogP contribution in [0.25, 0.3) is 0 Å². The van der Waals surface area contributed by atoms with Crippen LogP contribution in [0.1, 0.15) is 10.4 Å². The fourth-order valence-electron chi connectivity index (χ4n) is 2.13. The first kappa shape index (κ1) is 15.1. The van der Waals surface area contributed by atoms with Crippen LogP contribution in [0.2, 0.25) is 5.02 Å². The molecular formula is C13H15BrCl2N2O. The van der Waals surface area contributed by atoms with E-state index in [4.69, 9.17) is 23.2 Å². The molecule has 0 unspecified atom stereocenters. The van der Waals surface area contributed by atoms with Crippen LogP contribution in [0.4, 0.5) is 0 Å². The summed E-state index contributed by atoms with van der Waals surface area (Å²) in [5, 5.41) is 0.488. The number of hydrogen-bond acceptors (Lipinski definition) is 2. The largest absolute Gasteiger partial charge is 0.336 e. The molecule has 1 aromatic carbocycles. The molecule has 3 nitrogen and oxygen atoms in total. The highest BCUT2D eigenvalue weighted by molar-refractivity contribution is 9.10. The number of hydrogen-bond donors (Lipinski definition) is 0. The standard InChI is InChI=1S/C13H15BrCl2N2O/c14-10-1-2-11(12(16)9-10)13(19)18-7-5-17(4-3-15)6-8-18/h1-2,9H,3-8H2. The van der Waals surface area contributed by atoms with Crippen LogP contribution < -0.4 is 0 Å². The van der Waals surface area contributed by atoms with Gasteiger partial charge in [0, 0.05) is 43.1 Å². The topological polar surface area (TPSA) is 23.6 Å². The molecule has 0 spiro atoms. The summed E-state index contributed by atoms with van der Waals surface area (Å²) in [6.07, 6.45) is 0. The van der Waals surface area contributed by atoms with Gasteiger partial charge in [0.25, 0.3) is 5.91 Å². The Morgan fingerprint density at radius 3 is 2.53 bits per heavy atom. The van der Waals surface area contributed by atoms with Gasteiger partial charge in [-0.3, -0.25) is 9.69 Å². The van der Waals surface area contributed by atoms with Gasteiger partial charge in [0.05, 0.1) is 10.6 Å². The molecule has 1 aromatic rings. The molecule has 1 aliphatic heterocycles. The predicted octanol–water partition coefficient (Wildman–Crippen LogP) is 3.10. The number of nitrogens with zero attached hydrogens (tertiary/aromatic N) is 2. The lowest BCUT2D eigenvalue weighted by molar-refractivity contribution is 0.0644. The average molecular weight is 366 g/mol. The molecule has 1 saturated heterocycles. The van der Waals surface area contributed by atoms with Crippen LogP contribution in [-0.2, 0) is 0 Å². The normalized spacial score (nSPS) is 16.7. The highest BCUT2D eigenvalue weighted by Crippen LogP contribution is 2.23. The number of carbonyl (C=O) groups excluding carboxylic acids is 1. The van der Waals surface area contributed by atoms with E-state index < -0.39 is 0 Å². The summed E-state index contributed by atoms with van der Waals surface area (Å²) in [6, 6.07) is 5.35. The summed E-state index contributed by atoms with van der Waals surface area (Å²) >= 11 is 15.2. The molecule has 0 saturated carbocycles. The zero-order valence-corrected chi connectivity index (χ0v) is 13.5. The SMILES string of the molecule is O=C(c1ccc(Br)cc1Cl)N1CCN(CCCl)CC1. The Morgan fingerprint density at radius 2 is 1.95 bits per heavy atom. The zero-order valence-electron chi connectivity index (χ0n) is 10.4. The molecule has 1 heterocycles. The van der Waals surface area contributed by atoms with Crippen LogP contribution in [0.5, 0.6) is 0 Å². The third-order valence-corrected chi connectivity index (χ3v) is 4.20. The second-order valence-corrected chi connectivity index (χ2v) is 6.15. The Bertz CT molecular complexity index is 462. The minimum atomic E-state index is 0.00280. The summed E-state index contributed by atoms with van der Waals surface area (Å²) in [7, 11) is 0. The van der Waals surface area contributed by atoms with E-state index >= 15 is 0 Å². The van der Waals surface area contributed by atoms with Crippen molar-refractivity contribution in [3.05, 3.63) is 33.3 Å². The first-order chi connectivity index (χ1) is 9.11. The quantitative estimate of drug-likeness (QED) is 0.768. The highest BCUT2D eigenvalue weighted by Gasteiger charge is 2.23. The van der Waals surface area contributed by atoms with Crippen molar-refractivity contribution in [1.29, 1.82) is 0 Å². The van der Waals surface area contributed by atoms with E-state index in [0.29, 0.717) is 16.5 Å². The summed E-state index contributed by atoms with van der Waals surface area (Å²) in [5.74, 6) is 0.634. The molecule has 0 radical (unpaired) electrons. The van der Waals surface area contributed by atoms with Crippen molar-refractivity contribution in [2.24, 2.45) is 0 Å². The van der Waals surface area contributed by atoms with Crippen molar-refractivity contribution in [3.8, 4) is 0 Å². The van der Waals surface area contributed by atoms with Crippen molar-refractivity contribution in [2.75, 3.05) is 38.6 Å². The van der Waals surface area contributed by atoms with Crippen LogP contribution in [-0.4, -0.2) is 54.3 Å². The van der Waals surface area contributed by atoms with Gasteiger partial charge in [0.1, 0.15) is 0 Å². The summed E-state index contributed by atoms with van der Waals surface area (Å²) in [4.78, 5) is 16.5. The van der Waals surface area contributed by atoms with E-state index in [1.165, 1.54) is 0 Å². The summed E-state index contributed by atoms with van der Waals surface area (Å²) in [5.41, 5.74) is 0.565. The maximum Gasteiger partial charge on any atom is 0.255 e. The molecule has 0 atom stereocenters. The minimum Gasteiger partial charge on any atom is -0.336 e. The van der Waals surface area contributed by atoms with E-state index in [0.717, 1.165) is 37.2 Å². The van der Waals surface area contributed by atoms with E-state index in [2.05, 4.69) is 20.8 Å². The fraction of sp³-hybridized carbons (Fsp3) is 0.462.